The lowest BCUT2D eigenvalue weighted by Crippen LogP contribution is -2.18. The Hall–Kier alpha value is -4.33. The van der Waals surface area contributed by atoms with Gasteiger partial charge >= 0.3 is 0 Å². The van der Waals surface area contributed by atoms with Gasteiger partial charge in [-0.2, -0.15) is 5.10 Å². The number of nitro groups is 1. The predicted octanol–water partition coefficient (Wildman–Crippen LogP) is 3.92. The molecule has 0 aliphatic rings. The van der Waals surface area contributed by atoms with E-state index in [4.69, 9.17) is 0 Å². The van der Waals surface area contributed by atoms with E-state index in [1.165, 1.54) is 30.5 Å². The Morgan fingerprint density at radius 1 is 0.933 bits per heavy atom. The lowest BCUT2D eigenvalue weighted by atomic mass is 10.1. The molecule has 0 bridgehead atoms. The van der Waals surface area contributed by atoms with E-state index in [2.05, 4.69) is 15.8 Å². The Morgan fingerprint density at radius 2 is 1.60 bits per heavy atom. The minimum atomic E-state index is -0.490. The van der Waals surface area contributed by atoms with Crippen molar-refractivity contribution in [2.75, 3.05) is 5.32 Å². The number of carbonyl (C=O) groups excluding carboxylic acids is 2. The van der Waals surface area contributed by atoms with Crippen LogP contribution in [0.25, 0.3) is 0 Å². The van der Waals surface area contributed by atoms with Crippen molar-refractivity contribution < 1.29 is 14.5 Å². The van der Waals surface area contributed by atoms with Gasteiger partial charge in [0.1, 0.15) is 0 Å². The Morgan fingerprint density at radius 3 is 2.23 bits per heavy atom. The summed E-state index contributed by atoms with van der Waals surface area (Å²) in [6.07, 6.45) is 1.39. The van der Waals surface area contributed by atoms with Gasteiger partial charge in [0.05, 0.1) is 11.1 Å². The molecule has 0 heterocycles. The molecule has 3 aromatic carbocycles. The number of nitrogens with one attached hydrogen (secondary N) is 2. The molecule has 2 amide bonds. The summed E-state index contributed by atoms with van der Waals surface area (Å²) in [5.41, 5.74) is 5.36. The smallest absolute Gasteiger partial charge is 0.271 e. The number of rotatable bonds is 6. The zero-order valence-corrected chi connectivity index (χ0v) is 16.0. The molecule has 0 saturated carbocycles. The molecule has 0 saturated heterocycles. The number of nitro benzene ring substituents is 1. The van der Waals surface area contributed by atoms with Crippen LogP contribution in [0.1, 0.15) is 31.8 Å². The van der Waals surface area contributed by atoms with Gasteiger partial charge in [-0.25, -0.2) is 5.43 Å². The van der Waals surface area contributed by atoms with Crippen molar-refractivity contribution in [3.8, 4) is 0 Å². The summed E-state index contributed by atoms with van der Waals surface area (Å²) in [6, 6.07) is 19.4. The highest BCUT2D eigenvalue weighted by molar-refractivity contribution is 6.05. The monoisotopic (exact) mass is 402 g/mol. The van der Waals surface area contributed by atoms with E-state index in [-0.39, 0.29) is 11.6 Å². The fourth-order valence-corrected chi connectivity index (χ4v) is 2.64. The van der Waals surface area contributed by atoms with E-state index >= 15 is 0 Å². The van der Waals surface area contributed by atoms with E-state index in [0.717, 1.165) is 5.56 Å². The lowest BCUT2D eigenvalue weighted by molar-refractivity contribution is -0.384. The van der Waals surface area contributed by atoms with Gasteiger partial charge in [-0.3, -0.25) is 19.7 Å². The van der Waals surface area contributed by atoms with Crippen molar-refractivity contribution in [2.45, 2.75) is 6.92 Å². The average Bonchev–Trinajstić information content (AvgIpc) is 2.74. The van der Waals surface area contributed by atoms with Crippen LogP contribution < -0.4 is 10.7 Å². The Bertz CT molecular complexity index is 1110. The molecule has 0 spiro atoms. The largest absolute Gasteiger partial charge is 0.322 e. The SMILES string of the molecule is Cc1ccccc1C(=O)Nc1ccc(C(=O)N/N=C\c2ccc([N+](=O)[O-])cc2)cc1. The molecule has 3 aromatic rings. The average molecular weight is 402 g/mol. The molecule has 30 heavy (non-hydrogen) atoms. The maximum atomic E-state index is 12.3. The molecule has 3 rings (SSSR count). The number of aryl methyl sites for hydroxylation is 1. The highest BCUT2D eigenvalue weighted by Gasteiger charge is 2.09. The van der Waals surface area contributed by atoms with Crippen molar-refractivity contribution in [1.29, 1.82) is 0 Å². The molecule has 0 aromatic heterocycles. The van der Waals surface area contributed by atoms with Crippen LogP contribution in [0.4, 0.5) is 11.4 Å². The number of hydrogen-bond acceptors (Lipinski definition) is 5. The second-order valence-corrected chi connectivity index (χ2v) is 6.39. The van der Waals surface area contributed by atoms with Crippen molar-refractivity contribution in [1.82, 2.24) is 5.43 Å². The number of nitrogens with zero attached hydrogens (tertiary/aromatic N) is 2. The number of amides is 2. The molecule has 2 N–H and O–H groups in total. The second-order valence-electron chi connectivity index (χ2n) is 6.39. The molecule has 0 atom stereocenters. The van der Waals surface area contributed by atoms with Crippen molar-refractivity contribution >= 4 is 29.4 Å². The number of anilines is 1. The summed E-state index contributed by atoms with van der Waals surface area (Å²) in [4.78, 5) is 34.7. The van der Waals surface area contributed by atoms with Crippen LogP contribution in [0.3, 0.4) is 0 Å². The van der Waals surface area contributed by atoms with Gasteiger partial charge in [0.2, 0.25) is 0 Å². The molecule has 0 aliphatic carbocycles. The van der Waals surface area contributed by atoms with Gasteiger partial charge in [-0.1, -0.05) is 18.2 Å². The highest BCUT2D eigenvalue weighted by atomic mass is 16.6. The first kappa shape index (κ1) is 20.4. The molecule has 0 aliphatic heterocycles. The molecule has 0 unspecified atom stereocenters. The van der Waals surface area contributed by atoms with Crippen molar-refractivity contribution in [2.24, 2.45) is 5.10 Å². The van der Waals surface area contributed by atoms with Crippen LogP contribution in [0, 0.1) is 17.0 Å². The third-order valence-electron chi connectivity index (χ3n) is 4.28. The summed E-state index contributed by atoms with van der Waals surface area (Å²) >= 11 is 0. The topological polar surface area (TPSA) is 114 Å². The van der Waals surface area contributed by atoms with Crippen molar-refractivity contribution in [3.05, 3.63) is 105 Å². The molecule has 150 valence electrons. The summed E-state index contributed by atoms with van der Waals surface area (Å²) < 4.78 is 0. The number of hydrazone groups is 1. The standard InChI is InChI=1S/C22H18N4O4/c1-15-4-2-3-5-20(15)22(28)24-18-10-8-17(9-11-18)21(27)25-23-14-16-6-12-19(13-7-16)26(29)30/h2-14H,1H3,(H,24,28)(H,25,27)/b23-14-. The van der Waals surface area contributed by atoms with Gasteiger partial charge in [0.15, 0.2) is 0 Å². The molecular weight excluding hydrogens is 384 g/mol. The first-order chi connectivity index (χ1) is 14.4. The Labute approximate surface area is 172 Å². The molecule has 0 radical (unpaired) electrons. The van der Waals surface area contributed by atoms with Gasteiger partial charge in [0.25, 0.3) is 17.5 Å². The first-order valence-corrected chi connectivity index (χ1v) is 8.99. The molecular formula is C22H18N4O4. The zero-order valence-electron chi connectivity index (χ0n) is 16.0. The zero-order chi connectivity index (χ0) is 21.5. The maximum Gasteiger partial charge on any atom is 0.271 e. The third kappa shape index (κ3) is 5.14. The third-order valence-corrected chi connectivity index (χ3v) is 4.28. The Balaban J connectivity index is 1.57. The van der Waals surface area contributed by atoms with Crippen LogP contribution in [0.15, 0.2) is 77.9 Å². The van der Waals surface area contributed by atoms with Crippen molar-refractivity contribution in [3.63, 3.8) is 0 Å². The van der Waals surface area contributed by atoms with Crippen LogP contribution >= 0.6 is 0 Å². The van der Waals surface area contributed by atoms with Gasteiger partial charge in [-0.05, 0) is 60.5 Å². The van der Waals surface area contributed by atoms with E-state index in [9.17, 15) is 19.7 Å². The van der Waals surface area contributed by atoms with Crippen LogP contribution in [-0.4, -0.2) is 23.0 Å². The Kier molecular flexibility index (Phi) is 6.29. The highest BCUT2D eigenvalue weighted by Crippen LogP contribution is 2.14. The maximum absolute atomic E-state index is 12.3. The number of non-ortho nitro benzene ring substituents is 1. The minimum Gasteiger partial charge on any atom is -0.322 e. The van der Waals surface area contributed by atoms with E-state index < -0.39 is 10.8 Å². The minimum absolute atomic E-state index is 0.0224. The fourth-order valence-electron chi connectivity index (χ4n) is 2.64. The summed E-state index contributed by atoms with van der Waals surface area (Å²) in [5.74, 6) is -0.650. The molecule has 0 fully saturated rings. The van der Waals surface area contributed by atoms with Crippen LogP contribution in [0.5, 0.6) is 0 Å². The summed E-state index contributed by atoms with van der Waals surface area (Å²) in [6.45, 7) is 1.86. The molecule has 8 heteroatoms. The number of hydrogen-bond donors (Lipinski definition) is 2. The molecule has 8 nitrogen and oxygen atoms in total. The summed E-state index contributed by atoms with van der Waals surface area (Å²) in [5, 5.41) is 17.3. The number of carbonyl (C=O) groups is 2. The van der Waals surface area contributed by atoms with Gasteiger partial charge in [0, 0.05) is 28.9 Å². The van der Waals surface area contributed by atoms with Gasteiger partial charge < -0.3 is 5.32 Å². The first-order valence-electron chi connectivity index (χ1n) is 8.99. The van der Waals surface area contributed by atoms with E-state index in [1.807, 2.05) is 19.1 Å². The summed E-state index contributed by atoms with van der Waals surface area (Å²) in [7, 11) is 0. The number of benzene rings is 3. The lowest BCUT2D eigenvalue weighted by Gasteiger charge is -2.08. The quantitative estimate of drug-likeness (QED) is 0.369. The van der Waals surface area contributed by atoms with Gasteiger partial charge in [-0.15, -0.1) is 0 Å². The predicted molar refractivity (Wildman–Crippen MR) is 114 cm³/mol. The van der Waals surface area contributed by atoms with Crippen LogP contribution in [0.2, 0.25) is 0 Å². The second kappa shape index (κ2) is 9.24. The fraction of sp³-hybridized carbons (Fsp3) is 0.0455. The van der Waals surface area contributed by atoms with E-state index in [0.29, 0.717) is 22.4 Å². The normalized spacial score (nSPS) is 10.6. The van der Waals surface area contributed by atoms with Crippen LogP contribution in [-0.2, 0) is 0 Å². The van der Waals surface area contributed by atoms with E-state index in [1.54, 1.807) is 36.4 Å².